The standard InChI is InChI=1S/C13H8N2/c14-6-8-2-1-3-11-12-5-9(13(8)11)4-10(12)7-15/h1-4,9,12H,5H2/t9-,12+/m0/s1. The van der Waals surface area contributed by atoms with Gasteiger partial charge in [-0.05, 0) is 23.6 Å². The van der Waals surface area contributed by atoms with Crippen LogP contribution in [0, 0.1) is 22.7 Å². The predicted molar refractivity (Wildman–Crippen MR) is 55.0 cm³/mol. The quantitative estimate of drug-likeness (QED) is 0.634. The minimum Gasteiger partial charge on any atom is -0.193 e. The van der Waals surface area contributed by atoms with Gasteiger partial charge in [0.15, 0.2) is 0 Å². The van der Waals surface area contributed by atoms with Gasteiger partial charge < -0.3 is 0 Å². The van der Waals surface area contributed by atoms with Crippen molar-refractivity contribution in [2.24, 2.45) is 0 Å². The Morgan fingerprint density at radius 3 is 2.80 bits per heavy atom. The minimum atomic E-state index is 0.253. The Morgan fingerprint density at radius 1 is 1.20 bits per heavy atom. The Balaban J connectivity index is 2.23. The molecule has 2 nitrogen and oxygen atoms in total. The van der Waals surface area contributed by atoms with Gasteiger partial charge in [-0.2, -0.15) is 10.5 Å². The second-order valence-corrected chi connectivity index (χ2v) is 4.05. The van der Waals surface area contributed by atoms with E-state index in [1.54, 1.807) is 0 Å². The van der Waals surface area contributed by atoms with Crippen molar-refractivity contribution >= 4 is 0 Å². The summed E-state index contributed by atoms with van der Waals surface area (Å²) >= 11 is 0. The van der Waals surface area contributed by atoms with Gasteiger partial charge in [-0.1, -0.05) is 18.2 Å². The zero-order valence-corrected chi connectivity index (χ0v) is 8.07. The van der Waals surface area contributed by atoms with E-state index in [1.165, 1.54) is 5.56 Å². The number of fused-ring (bicyclic) bond motifs is 5. The largest absolute Gasteiger partial charge is 0.193 e. The molecule has 2 heteroatoms. The highest BCUT2D eigenvalue weighted by Crippen LogP contribution is 2.52. The lowest BCUT2D eigenvalue weighted by molar-refractivity contribution is 0.793. The number of nitrogens with zero attached hydrogens (tertiary/aromatic N) is 2. The topological polar surface area (TPSA) is 47.6 Å². The van der Waals surface area contributed by atoms with Crippen molar-refractivity contribution in [2.75, 3.05) is 0 Å². The number of rotatable bonds is 0. The summed E-state index contributed by atoms with van der Waals surface area (Å²) in [6.07, 6.45) is 3.00. The summed E-state index contributed by atoms with van der Waals surface area (Å²) in [5.41, 5.74) is 4.00. The molecule has 2 atom stereocenters. The summed E-state index contributed by atoms with van der Waals surface area (Å²) in [6.45, 7) is 0. The molecule has 2 aliphatic rings. The van der Waals surface area contributed by atoms with Gasteiger partial charge in [0.05, 0.1) is 17.7 Å². The van der Waals surface area contributed by atoms with Crippen LogP contribution in [-0.2, 0) is 0 Å². The first-order chi connectivity index (χ1) is 7.35. The Morgan fingerprint density at radius 2 is 2.07 bits per heavy atom. The molecule has 0 aliphatic heterocycles. The molecule has 0 radical (unpaired) electrons. The first kappa shape index (κ1) is 8.26. The molecule has 70 valence electrons. The molecular weight excluding hydrogens is 184 g/mol. The Kier molecular flexibility index (Phi) is 1.50. The van der Waals surface area contributed by atoms with Crippen LogP contribution in [0.15, 0.2) is 29.8 Å². The third-order valence-corrected chi connectivity index (χ3v) is 3.38. The second kappa shape index (κ2) is 2.72. The zero-order valence-electron chi connectivity index (χ0n) is 8.07. The number of allylic oxidation sites excluding steroid dienone is 2. The van der Waals surface area contributed by atoms with Gasteiger partial charge in [0.1, 0.15) is 0 Å². The molecule has 3 rings (SSSR count). The monoisotopic (exact) mass is 192 g/mol. The maximum atomic E-state index is 9.02. The van der Waals surface area contributed by atoms with Gasteiger partial charge in [-0.25, -0.2) is 0 Å². The summed E-state index contributed by atoms with van der Waals surface area (Å²) in [4.78, 5) is 0. The average molecular weight is 192 g/mol. The number of hydrogen-bond acceptors (Lipinski definition) is 2. The van der Waals surface area contributed by atoms with Crippen LogP contribution in [0.1, 0.15) is 34.9 Å². The van der Waals surface area contributed by atoms with E-state index < -0.39 is 0 Å². The van der Waals surface area contributed by atoms with Gasteiger partial charge >= 0.3 is 0 Å². The molecule has 0 amide bonds. The lowest BCUT2D eigenvalue weighted by Crippen LogP contribution is -2.00. The van der Waals surface area contributed by atoms with Crippen LogP contribution in [0.25, 0.3) is 0 Å². The molecule has 0 unspecified atom stereocenters. The molecule has 1 aromatic rings. The van der Waals surface area contributed by atoms with E-state index in [-0.39, 0.29) is 5.92 Å². The number of benzene rings is 1. The minimum absolute atomic E-state index is 0.253. The van der Waals surface area contributed by atoms with E-state index in [4.69, 9.17) is 10.5 Å². The van der Waals surface area contributed by atoms with E-state index in [9.17, 15) is 0 Å². The van der Waals surface area contributed by atoms with Crippen LogP contribution in [0.2, 0.25) is 0 Å². The summed E-state index contributed by atoms with van der Waals surface area (Å²) < 4.78 is 0. The molecule has 0 aromatic heterocycles. The van der Waals surface area contributed by atoms with Crippen molar-refractivity contribution in [2.45, 2.75) is 18.3 Å². The number of nitriles is 2. The third-order valence-electron chi connectivity index (χ3n) is 3.38. The van der Waals surface area contributed by atoms with E-state index in [2.05, 4.69) is 12.1 Å². The average Bonchev–Trinajstić information content (AvgIpc) is 2.86. The summed E-state index contributed by atoms with van der Waals surface area (Å²) in [5, 5.41) is 18.0. The molecule has 15 heavy (non-hydrogen) atoms. The zero-order chi connectivity index (χ0) is 10.4. The van der Waals surface area contributed by atoms with Crippen LogP contribution in [0.4, 0.5) is 0 Å². The Labute approximate surface area is 88.1 Å². The van der Waals surface area contributed by atoms with Crippen LogP contribution >= 0.6 is 0 Å². The van der Waals surface area contributed by atoms with Crippen molar-refractivity contribution in [1.29, 1.82) is 10.5 Å². The Hall–Kier alpha value is -2.06. The molecule has 2 bridgehead atoms. The fourth-order valence-electron chi connectivity index (χ4n) is 2.79. The third kappa shape index (κ3) is 0.913. The summed E-state index contributed by atoms with van der Waals surface area (Å²) in [5.74, 6) is 0.554. The smallest absolute Gasteiger partial charge is 0.0994 e. The van der Waals surface area contributed by atoms with Gasteiger partial charge in [-0.15, -0.1) is 0 Å². The first-order valence-corrected chi connectivity index (χ1v) is 5.00. The predicted octanol–water partition coefficient (Wildman–Crippen LogP) is 2.59. The van der Waals surface area contributed by atoms with Crippen molar-refractivity contribution in [1.82, 2.24) is 0 Å². The van der Waals surface area contributed by atoms with E-state index in [1.807, 2.05) is 24.3 Å². The summed E-state index contributed by atoms with van der Waals surface area (Å²) in [7, 11) is 0. The van der Waals surface area contributed by atoms with Crippen molar-refractivity contribution in [3.8, 4) is 12.1 Å². The fraction of sp³-hybridized carbons (Fsp3) is 0.231. The maximum absolute atomic E-state index is 9.02. The van der Waals surface area contributed by atoms with Crippen LogP contribution < -0.4 is 0 Å². The highest BCUT2D eigenvalue weighted by molar-refractivity contribution is 5.59. The highest BCUT2D eigenvalue weighted by Gasteiger charge is 2.39. The van der Waals surface area contributed by atoms with Gasteiger partial charge in [-0.3, -0.25) is 0 Å². The van der Waals surface area contributed by atoms with Crippen molar-refractivity contribution in [3.05, 3.63) is 46.5 Å². The second-order valence-electron chi connectivity index (χ2n) is 4.05. The van der Waals surface area contributed by atoms with Crippen LogP contribution in [-0.4, -0.2) is 0 Å². The molecule has 0 saturated heterocycles. The molecule has 0 fully saturated rings. The Bertz CT molecular complexity index is 555. The molecule has 0 spiro atoms. The van der Waals surface area contributed by atoms with Gasteiger partial charge in [0, 0.05) is 17.4 Å². The highest BCUT2D eigenvalue weighted by atomic mass is 14.4. The lowest BCUT2D eigenvalue weighted by atomic mass is 9.89. The van der Waals surface area contributed by atoms with Crippen molar-refractivity contribution in [3.63, 3.8) is 0 Å². The molecule has 2 aliphatic carbocycles. The normalized spacial score (nSPS) is 25.3. The molecule has 0 N–H and O–H groups in total. The summed E-state index contributed by atoms with van der Waals surface area (Å²) in [6, 6.07) is 10.3. The number of hydrogen-bond donors (Lipinski definition) is 0. The van der Waals surface area contributed by atoms with E-state index in [0.29, 0.717) is 5.92 Å². The van der Waals surface area contributed by atoms with E-state index >= 15 is 0 Å². The van der Waals surface area contributed by atoms with Crippen molar-refractivity contribution < 1.29 is 0 Å². The van der Waals surface area contributed by atoms with Crippen LogP contribution in [0.5, 0.6) is 0 Å². The molecule has 0 heterocycles. The van der Waals surface area contributed by atoms with Gasteiger partial charge in [0.25, 0.3) is 0 Å². The van der Waals surface area contributed by atoms with Gasteiger partial charge in [0.2, 0.25) is 0 Å². The molecule has 0 saturated carbocycles. The molecule has 1 aromatic carbocycles. The fourth-order valence-corrected chi connectivity index (χ4v) is 2.79. The maximum Gasteiger partial charge on any atom is 0.0994 e. The molecular formula is C13H8N2. The van der Waals surface area contributed by atoms with Crippen LogP contribution in [0.3, 0.4) is 0 Å². The lowest BCUT2D eigenvalue weighted by Gasteiger charge is -2.13. The SMILES string of the molecule is N#CC1=C[C@H]2C[C@H]1c1cccc(C#N)c12. The first-order valence-electron chi connectivity index (χ1n) is 5.00. The van der Waals surface area contributed by atoms with E-state index in [0.717, 1.165) is 23.1 Å².